The zero-order valence-corrected chi connectivity index (χ0v) is 24.5. The Morgan fingerprint density at radius 3 is 2.36 bits per heavy atom. The van der Waals surface area contributed by atoms with Gasteiger partial charge in [0.05, 0.1) is 24.3 Å². The largest absolute Gasteiger partial charge is 0.482 e. The van der Waals surface area contributed by atoms with E-state index in [1.54, 1.807) is 24.4 Å². The number of nitrogens with zero attached hydrogens (tertiary/aromatic N) is 3. The average molecular weight is 744 g/mol. The molecule has 0 aliphatic heterocycles. The number of para-hydroxylation sites is 1. The molecule has 39 heavy (non-hydrogen) atoms. The van der Waals surface area contributed by atoms with Gasteiger partial charge in [-0.15, -0.1) is 0 Å². The summed E-state index contributed by atoms with van der Waals surface area (Å²) in [6.45, 7) is -0.213. The van der Waals surface area contributed by atoms with Crippen molar-refractivity contribution in [3.05, 3.63) is 120 Å². The average Bonchev–Trinajstić information content (AvgIpc) is 2.94. The van der Waals surface area contributed by atoms with E-state index in [0.29, 0.717) is 28.2 Å². The van der Waals surface area contributed by atoms with Crippen LogP contribution in [0.1, 0.15) is 5.56 Å². The lowest BCUT2D eigenvalue weighted by Crippen LogP contribution is -2.21. The molecule has 0 bridgehead atoms. The summed E-state index contributed by atoms with van der Waals surface area (Å²) in [5.74, 6) is 0.245. The maximum absolute atomic E-state index is 13.4. The Bertz CT molecular complexity index is 1730. The third-order valence-corrected chi connectivity index (χ3v) is 7.21. The Balaban J connectivity index is 1.39. The third-order valence-electron chi connectivity index (χ3n) is 5.60. The number of amides is 1. The minimum atomic E-state index is -0.380. The topological polar surface area (TPSA) is 85.6 Å². The van der Waals surface area contributed by atoms with E-state index >= 15 is 0 Å². The van der Waals surface area contributed by atoms with Gasteiger partial charge in [0.15, 0.2) is 12.4 Å². The molecule has 7 nitrogen and oxygen atoms in total. The van der Waals surface area contributed by atoms with Crippen molar-refractivity contribution in [1.82, 2.24) is 9.66 Å². The number of hydrogen-bond acceptors (Lipinski definition) is 5. The lowest BCUT2D eigenvalue weighted by atomic mass is 10.2. The van der Waals surface area contributed by atoms with Gasteiger partial charge in [-0.3, -0.25) is 9.59 Å². The summed E-state index contributed by atoms with van der Waals surface area (Å²) in [5, 5.41) is 7.66. The highest BCUT2D eigenvalue weighted by Crippen LogP contribution is 2.29. The van der Waals surface area contributed by atoms with E-state index in [1.165, 1.54) is 28.9 Å². The van der Waals surface area contributed by atoms with E-state index in [2.05, 4.69) is 55.6 Å². The number of anilines is 1. The third kappa shape index (κ3) is 6.33. The molecule has 0 unspecified atom stereocenters. The first-order valence-electron chi connectivity index (χ1n) is 11.7. The summed E-state index contributed by atoms with van der Waals surface area (Å²) < 4.78 is 21.7. The first-order chi connectivity index (χ1) is 18.9. The highest BCUT2D eigenvalue weighted by Gasteiger charge is 2.14. The number of ether oxygens (including phenoxy) is 1. The second-order valence-electron chi connectivity index (χ2n) is 8.34. The van der Waals surface area contributed by atoms with Gasteiger partial charge in [-0.2, -0.15) is 9.78 Å². The van der Waals surface area contributed by atoms with Crippen LogP contribution in [0, 0.1) is 13.0 Å². The van der Waals surface area contributed by atoms with Gasteiger partial charge in [0, 0.05) is 11.3 Å². The van der Waals surface area contributed by atoms with E-state index in [4.69, 9.17) is 9.72 Å². The van der Waals surface area contributed by atoms with Crippen molar-refractivity contribution in [2.75, 3.05) is 11.9 Å². The molecule has 0 atom stereocenters. The summed E-state index contributed by atoms with van der Waals surface area (Å²) in [6, 6.07) is 25.8. The zero-order valence-electron chi connectivity index (χ0n) is 20.1. The Kier molecular flexibility index (Phi) is 8.31. The minimum absolute atomic E-state index is 0.213. The molecule has 1 N–H and O–H groups in total. The predicted octanol–water partition coefficient (Wildman–Crippen LogP) is 6.31. The van der Waals surface area contributed by atoms with Gasteiger partial charge in [-0.25, -0.2) is 9.37 Å². The molecule has 0 saturated heterocycles. The maximum Gasteiger partial charge on any atom is 0.282 e. The highest BCUT2D eigenvalue weighted by molar-refractivity contribution is 14.1. The minimum Gasteiger partial charge on any atom is -0.482 e. The number of nitrogens with one attached hydrogen (secondary N) is 1. The number of rotatable bonds is 7. The second-order valence-corrected chi connectivity index (χ2v) is 10.7. The Morgan fingerprint density at radius 2 is 1.64 bits per heavy atom. The quantitative estimate of drug-likeness (QED) is 0.157. The molecule has 1 aromatic heterocycles. The first-order valence-corrected chi connectivity index (χ1v) is 13.8. The van der Waals surface area contributed by atoms with E-state index in [9.17, 15) is 14.0 Å². The molecular formula is C29H19FI2N4O3. The molecule has 5 rings (SSSR count). The molecule has 10 heteroatoms. The molecule has 194 valence electrons. The van der Waals surface area contributed by atoms with Crippen LogP contribution in [0.15, 0.2) is 101 Å². The van der Waals surface area contributed by atoms with E-state index in [-0.39, 0.29) is 23.9 Å². The van der Waals surface area contributed by atoms with Gasteiger partial charge in [-0.1, -0.05) is 42.5 Å². The highest BCUT2D eigenvalue weighted by atomic mass is 127. The number of fused-ring (bicyclic) bond motifs is 1. The number of halogens is 3. The second kappa shape index (κ2) is 12.0. The van der Waals surface area contributed by atoms with Crippen molar-refractivity contribution in [2.45, 2.75) is 0 Å². The molecule has 0 aliphatic carbocycles. The van der Waals surface area contributed by atoms with Gasteiger partial charge in [0.1, 0.15) is 11.6 Å². The van der Waals surface area contributed by atoms with E-state index in [1.807, 2.05) is 48.5 Å². The lowest BCUT2D eigenvalue weighted by molar-refractivity contribution is -0.118. The zero-order chi connectivity index (χ0) is 27.4. The SMILES string of the molecule is O=C(COc1c(I)cc(C=Nn2c(-c3ccccc3)nc3ccccc3c2=O)cc1I)Nc1ccc(F)cc1. The number of hydrogen-bond donors (Lipinski definition) is 1. The van der Waals surface area contributed by atoms with Crippen LogP contribution in [-0.2, 0) is 4.79 Å². The van der Waals surface area contributed by atoms with Crippen molar-refractivity contribution in [3.8, 4) is 17.1 Å². The summed E-state index contributed by atoms with van der Waals surface area (Å²) in [7, 11) is 0. The Morgan fingerprint density at radius 1 is 0.974 bits per heavy atom. The van der Waals surface area contributed by atoms with Crippen LogP contribution in [0.4, 0.5) is 10.1 Å². The fraction of sp³-hybridized carbons (Fsp3) is 0.0345. The standard InChI is InChI=1S/C29H19FI2N4O3/c30-20-10-12-21(13-11-20)34-26(37)17-39-27-23(31)14-18(15-24(27)32)16-33-36-28(19-6-2-1-3-7-19)35-25-9-5-4-8-22(25)29(36)38/h1-16H,17H2,(H,34,37). The van der Waals surface area contributed by atoms with Crippen LogP contribution in [0.5, 0.6) is 5.75 Å². The van der Waals surface area contributed by atoms with Crippen LogP contribution >= 0.6 is 45.2 Å². The monoisotopic (exact) mass is 744 g/mol. The van der Waals surface area contributed by atoms with Gasteiger partial charge in [0.25, 0.3) is 11.5 Å². The van der Waals surface area contributed by atoms with Gasteiger partial charge >= 0.3 is 0 Å². The molecule has 0 spiro atoms. The van der Waals surface area contributed by atoms with Crippen LogP contribution in [0.25, 0.3) is 22.3 Å². The number of carbonyl (C=O) groups excluding carboxylic acids is 1. The lowest BCUT2D eigenvalue weighted by Gasteiger charge is -2.12. The summed E-state index contributed by atoms with van der Waals surface area (Å²) in [4.78, 5) is 30.4. The molecule has 5 aromatic rings. The van der Waals surface area contributed by atoms with Crippen molar-refractivity contribution < 1.29 is 13.9 Å². The van der Waals surface area contributed by atoms with Crippen LogP contribution in [0.2, 0.25) is 0 Å². The van der Waals surface area contributed by atoms with Crippen LogP contribution < -0.4 is 15.6 Å². The summed E-state index contributed by atoms with van der Waals surface area (Å²) in [6.07, 6.45) is 1.60. The maximum atomic E-state index is 13.4. The molecule has 0 saturated carbocycles. The summed E-state index contributed by atoms with van der Waals surface area (Å²) in [5.41, 5.74) is 2.32. The smallest absolute Gasteiger partial charge is 0.282 e. The Labute approximate surface area is 250 Å². The van der Waals surface area contributed by atoms with E-state index in [0.717, 1.165) is 18.3 Å². The van der Waals surface area contributed by atoms with Crippen LogP contribution in [0.3, 0.4) is 0 Å². The molecule has 4 aromatic carbocycles. The van der Waals surface area contributed by atoms with Crippen molar-refractivity contribution in [2.24, 2.45) is 5.10 Å². The number of carbonyl (C=O) groups is 1. The number of aromatic nitrogens is 2. The van der Waals surface area contributed by atoms with Crippen molar-refractivity contribution in [3.63, 3.8) is 0 Å². The Hall–Kier alpha value is -3.65. The normalized spacial score (nSPS) is 11.2. The van der Waals surface area contributed by atoms with Gasteiger partial charge in [-0.05, 0) is 99.3 Å². The molecule has 0 fully saturated rings. The molecule has 1 heterocycles. The molecule has 0 radical (unpaired) electrons. The molecular weight excluding hydrogens is 725 g/mol. The van der Waals surface area contributed by atoms with Crippen molar-refractivity contribution in [1.29, 1.82) is 0 Å². The molecule has 1 amide bonds. The summed E-state index contributed by atoms with van der Waals surface area (Å²) >= 11 is 4.26. The van der Waals surface area contributed by atoms with Crippen LogP contribution in [-0.4, -0.2) is 28.4 Å². The van der Waals surface area contributed by atoms with Gasteiger partial charge < -0.3 is 10.1 Å². The fourth-order valence-electron chi connectivity index (χ4n) is 3.79. The molecule has 0 aliphatic rings. The fourth-order valence-corrected chi connectivity index (χ4v) is 5.92. The van der Waals surface area contributed by atoms with E-state index < -0.39 is 0 Å². The van der Waals surface area contributed by atoms with Gasteiger partial charge in [0.2, 0.25) is 0 Å². The first kappa shape index (κ1) is 26.9. The predicted molar refractivity (Wildman–Crippen MR) is 167 cm³/mol. The van der Waals surface area contributed by atoms with Crippen molar-refractivity contribution >= 4 is 73.9 Å². The number of benzene rings is 4.